The van der Waals surface area contributed by atoms with Gasteiger partial charge in [-0.1, -0.05) is 78.6 Å². The van der Waals surface area contributed by atoms with E-state index in [1.165, 1.54) is 57.8 Å². The normalized spacial score (nSPS) is 22.1. The van der Waals surface area contributed by atoms with Crippen molar-refractivity contribution in [2.75, 3.05) is 6.61 Å². The van der Waals surface area contributed by atoms with Crippen LogP contribution in [0.5, 0.6) is 0 Å². The summed E-state index contributed by atoms with van der Waals surface area (Å²) in [5, 5.41) is 28.7. The maximum atomic E-state index is 10.2. The number of hydrogen-bond donors (Lipinski definition) is 3. The molecule has 0 aromatic rings. The van der Waals surface area contributed by atoms with E-state index in [2.05, 4.69) is 6.92 Å². The second-order valence-electron chi connectivity index (χ2n) is 7.08. The van der Waals surface area contributed by atoms with Crippen LogP contribution in [0.25, 0.3) is 0 Å². The van der Waals surface area contributed by atoms with E-state index in [0.717, 1.165) is 25.7 Å². The summed E-state index contributed by atoms with van der Waals surface area (Å²) in [5.41, 5.74) is 0. The van der Waals surface area contributed by atoms with Crippen LogP contribution in [0.4, 0.5) is 0 Å². The first-order valence-corrected chi connectivity index (χ1v) is 9.81. The van der Waals surface area contributed by atoms with Crippen LogP contribution in [0.1, 0.15) is 97.8 Å². The minimum absolute atomic E-state index is 0. The largest absolute Gasteiger partial charge is 0.394 e. The van der Waals surface area contributed by atoms with Gasteiger partial charge in [0.15, 0.2) is 0 Å². The first-order valence-electron chi connectivity index (χ1n) is 9.81. The van der Waals surface area contributed by atoms with Crippen LogP contribution >= 0.6 is 0 Å². The number of aliphatic hydroxyl groups excluding tert-OH is 3. The van der Waals surface area contributed by atoms with Crippen molar-refractivity contribution in [1.82, 2.24) is 0 Å². The predicted molar refractivity (Wildman–Crippen MR) is 100 cm³/mol. The van der Waals surface area contributed by atoms with Gasteiger partial charge in [-0.25, -0.2) is 0 Å². The maximum Gasteiger partial charge on any atom is 0.103 e. The minimum Gasteiger partial charge on any atom is -0.394 e. The Morgan fingerprint density at radius 2 is 1.24 bits per heavy atom. The number of rotatable bonds is 14. The van der Waals surface area contributed by atoms with Crippen molar-refractivity contribution in [3.63, 3.8) is 0 Å². The zero-order chi connectivity index (χ0) is 16.9. The topological polar surface area (TPSA) is 69.9 Å². The van der Waals surface area contributed by atoms with E-state index in [1.54, 1.807) is 0 Å². The molecule has 25 heavy (non-hydrogen) atoms. The van der Waals surface area contributed by atoms with E-state index in [1.807, 2.05) is 0 Å². The van der Waals surface area contributed by atoms with Crippen molar-refractivity contribution >= 4 is 0 Å². The third-order valence-electron chi connectivity index (χ3n) is 4.98. The second-order valence-corrected chi connectivity index (χ2v) is 7.08. The minimum atomic E-state index is -0.815. The first kappa shape index (κ1) is 27.6. The smallest absolute Gasteiger partial charge is 0.103 e. The molecule has 1 aliphatic heterocycles. The molecule has 1 saturated heterocycles. The molecule has 4 atom stereocenters. The quantitative estimate of drug-likeness (QED) is 0.384. The Labute approximate surface area is 167 Å². The van der Waals surface area contributed by atoms with Crippen LogP contribution in [-0.4, -0.2) is 46.3 Å². The van der Waals surface area contributed by atoms with Gasteiger partial charge in [-0.2, -0.15) is 0 Å². The van der Waals surface area contributed by atoms with Gasteiger partial charge in [0.05, 0.1) is 24.9 Å². The summed E-state index contributed by atoms with van der Waals surface area (Å²) in [5.74, 6) is 0. The van der Waals surface area contributed by atoms with Gasteiger partial charge in [0.2, 0.25) is 0 Å². The van der Waals surface area contributed by atoms with E-state index in [4.69, 9.17) is 9.84 Å². The van der Waals surface area contributed by atoms with Crippen molar-refractivity contribution in [3.8, 4) is 0 Å². The van der Waals surface area contributed by atoms with E-state index in [-0.39, 0.29) is 44.8 Å². The molecule has 1 rings (SSSR count). The van der Waals surface area contributed by atoms with Crippen molar-refractivity contribution in [1.29, 1.82) is 0 Å². The molecule has 0 aromatic heterocycles. The Balaban J connectivity index is 0. The number of aliphatic hydroxyl groups is 3. The summed E-state index contributed by atoms with van der Waals surface area (Å²) in [6, 6.07) is 0. The van der Waals surface area contributed by atoms with E-state index < -0.39 is 12.2 Å². The number of ether oxygens (including phenoxy) is 1. The van der Waals surface area contributed by atoms with Gasteiger partial charge in [-0.15, -0.1) is 0 Å². The summed E-state index contributed by atoms with van der Waals surface area (Å²) < 4.78 is 5.66. The van der Waals surface area contributed by atoms with Crippen LogP contribution in [0.3, 0.4) is 0 Å². The number of hydrogen-bond acceptors (Lipinski definition) is 4. The van der Waals surface area contributed by atoms with E-state index >= 15 is 0 Å². The molecule has 1 heterocycles. The van der Waals surface area contributed by atoms with Crippen LogP contribution in [0.2, 0.25) is 0 Å². The average Bonchev–Trinajstić information content (AvgIpc) is 3.05. The maximum absolute atomic E-state index is 10.2. The van der Waals surface area contributed by atoms with Crippen molar-refractivity contribution in [2.45, 2.75) is 122 Å². The van der Waals surface area contributed by atoms with Gasteiger partial charge in [0, 0.05) is 18.6 Å². The fourth-order valence-corrected chi connectivity index (χ4v) is 3.40. The number of unbranched alkanes of at least 4 members (excludes halogenated alkanes) is 9. The molecular weight excluding hydrogens is 355 g/mol. The summed E-state index contributed by atoms with van der Waals surface area (Å²) in [4.78, 5) is 0. The zero-order valence-corrected chi connectivity index (χ0v) is 16.8. The molecular formula is C20H42O4V. The molecule has 5 heteroatoms. The van der Waals surface area contributed by atoms with Crippen molar-refractivity contribution in [3.05, 3.63) is 0 Å². The molecule has 0 amide bonds. The summed E-state index contributed by atoms with van der Waals surface area (Å²) in [7, 11) is 0. The molecule has 0 unspecified atom stereocenters. The Morgan fingerprint density at radius 3 is 1.72 bits per heavy atom. The Hall–Kier alpha value is 0.424. The van der Waals surface area contributed by atoms with Crippen molar-refractivity contribution in [2.24, 2.45) is 0 Å². The van der Waals surface area contributed by atoms with Crippen LogP contribution < -0.4 is 0 Å². The third-order valence-corrected chi connectivity index (χ3v) is 4.98. The molecule has 1 radical (unpaired) electrons. The summed E-state index contributed by atoms with van der Waals surface area (Å²) in [6.45, 7) is 1.98. The van der Waals surface area contributed by atoms with Gasteiger partial charge in [0.25, 0.3) is 0 Å². The summed E-state index contributed by atoms with van der Waals surface area (Å²) >= 11 is 0. The van der Waals surface area contributed by atoms with Crippen LogP contribution in [0, 0.1) is 0 Å². The molecule has 0 spiro atoms. The molecule has 1 aliphatic rings. The Bertz CT molecular complexity index is 278. The SMILES string of the molecule is C.CCCCCCCCCCCC[C@@H](O)[C@H]1CC[C@H]([C@@H](O)CO)O1.[V]. The zero-order valence-electron chi connectivity index (χ0n) is 15.4. The predicted octanol–water partition coefficient (Wildman–Crippen LogP) is 4.19. The Kier molecular flexibility index (Phi) is 19.7. The molecule has 3 N–H and O–H groups in total. The average molecular weight is 397 g/mol. The molecule has 0 aliphatic carbocycles. The molecule has 4 nitrogen and oxygen atoms in total. The molecule has 0 bridgehead atoms. The van der Waals surface area contributed by atoms with E-state index in [9.17, 15) is 10.2 Å². The molecule has 1 fully saturated rings. The van der Waals surface area contributed by atoms with Gasteiger partial charge >= 0.3 is 0 Å². The monoisotopic (exact) mass is 397 g/mol. The second kappa shape index (κ2) is 17.8. The van der Waals surface area contributed by atoms with E-state index in [0.29, 0.717) is 0 Å². The van der Waals surface area contributed by atoms with Crippen LogP contribution in [-0.2, 0) is 23.3 Å². The standard InChI is InChI=1S/C19H38O4.CH4.V/c1-2-3-4-5-6-7-8-9-10-11-12-16(21)18-13-14-19(23-18)17(22)15-20;;/h16-22H,2-15H2,1H3;1H4;/t16-,17+,18-,19-;;/m1../s1. The van der Waals surface area contributed by atoms with Gasteiger partial charge in [-0.05, 0) is 19.3 Å². The fourth-order valence-electron chi connectivity index (χ4n) is 3.40. The molecule has 0 saturated carbocycles. The summed E-state index contributed by atoms with van der Waals surface area (Å²) in [6.07, 6.45) is 13.5. The van der Waals surface area contributed by atoms with Gasteiger partial charge in [-0.3, -0.25) is 0 Å². The Morgan fingerprint density at radius 1 is 0.800 bits per heavy atom. The molecule has 151 valence electrons. The molecule has 0 aromatic carbocycles. The first-order chi connectivity index (χ1) is 11.2. The van der Waals surface area contributed by atoms with Crippen molar-refractivity contribution < 1.29 is 38.6 Å². The third kappa shape index (κ3) is 12.4. The fraction of sp³-hybridized carbons (Fsp3) is 1.00. The van der Waals surface area contributed by atoms with Gasteiger partial charge < -0.3 is 20.1 Å². The van der Waals surface area contributed by atoms with Gasteiger partial charge in [0.1, 0.15) is 6.10 Å². The van der Waals surface area contributed by atoms with Crippen LogP contribution in [0.15, 0.2) is 0 Å².